The van der Waals surface area contributed by atoms with E-state index in [0.717, 1.165) is 5.57 Å². The lowest BCUT2D eigenvalue weighted by Crippen LogP contribution is -2.69. The third kappa shape index (κ3) is 2.08. The van der Waals surface area contributed by atoms with E-state index in [0.29, 0.717) is 19.3 Å². The summed E-state index contributed by atoms with van der Waals surface area (Å²) in [6.45, 7) is 5.38. The van der Waals surface area contributed by atoms with E-state index in [4.69, 9.17) is 11.6 Å². The van der Waals surface area contributed by atoms with E-state index in [1.165, 1.54) is 12.2 Å². The van der Waals surface area contributed by atoms with Gasteiger partial charge >= 0.3 is 0 Å². The summed E-state index contributed by atoms with van der Waals surface area (Å²) >= 11 is 5.81. The Hall–Kier alpha value is -1.04. The highest BCUT2D eigenvalue weighted by atomic mass is 35.5. The first-order valence-electron chi connectivity index (χ1n) is 10.1. The minimum atomic E-state index is -1.95. The number of rotatable bonds is 2. The molecule has 0 saturated heterocycles. The number of fused-ring (bicyclic) bond motifs is 5. The fourth-order valence-electron chi connectivity index (χ4n) is 7.24. The van der Waals surface area contributed by atoms with Crippen LogP contribution in [-0.2, 0) is 9.59 Å². The summed E-state index contributed by atoms with van der Waals surface area (Å²) in [5, 5.41) is 22.6. The molecule has 28 heavy (non-hydrogen) atoms. The maximum absolute atomic E-state index is 16.9. The van der Waals surface area contributed by atoms with Crippen LogP contribution in [-0.4, -0.2) is 45.0 Å². The van der Waals surface area contributed by atoms with Crippen LogP contribution in [0, 0.1) is 28.6 Å². The molecule has 4 rings (SSSR count). The standard InChI is InChI=1S/C22H28ClFO4/c1-12-8-16-15-5-4-13-9-14(25)6-7-19(13,2)21(15,24)17(26)10-20(16,3)22(12,28)18(27)11-23/h6-7,9,12,15-17,26,28H,4-5,8,10-11H2,1-3H3/t12-,15-,16-,17+,19-,20-,21-,22-/m0/s1. The Morgan fingerprint density at radius 2 is 2.04 bits per heavy atom. The van der Waals surface area contributed by atoms with Crippen molar-refractivity contribution in [2.75, 3.05) is 5.88 Å². The van der Waals surface area contributed by atoms with Crippen LogP contribution in [0.1, 0.15) is 46.5 Å². The van der Waals surface area contributed by atoms with E-state index in [-0.39, 0.29) is 29.9 Å². The SMILES string of the molecule is C[C@H]1C[C@H]2[C@@H]3CCC4=CC(=O)C=C[C@]4(C)[C@@]3(F)[C@H](O)C[C@]2(C)[C@@]1(O)C(=O)CCl. The number of aliphatic hydroxyl groups excluding tert-OH is 1. The third-order valence-corrected chi connectivity index (χ3v) is 9.01. The van der Waals surface area contributed by atoms with Crippen LogP contribution in [0.5, 0.6) is 0 Å². The molecule has 0 unspecified atom stereocenters. The number of carbonyl (C=O) groups excluding carboxylic acids is 2. The van der Waals surface area contributed by atoms with Crippen LogP contribution in [0.2, 0.25) is 0 Å². The molecule has 0 spiro atoms. The molecule has 0 aromatic rings. The summed E-state index contributed by atoms with van der Waals surface area (Å²) in [7, 11) is 0. The van der Waals surface area contributed by atoms with Crippen molar-refractivity contribution >= 4 is 23.2 Å². The normalized spacial score (nSPS) is 52.5. The Kier molecular flexibility index (Phi) is 4.33. The molecule has 6 heteroatoms. The minimum absolute atomic E-state index is 0.0151. The molecule has 0 aliphatic heterocycles. The lowest BCUT2D eigenvalue weighted by atomic mass is 9.44. The molecule has 3 saturated carbocycles. The Morgan fingerprint density at radius 3 is 2.68 bits per heavy atom. The van der Waals surface area contributed by atoms with Crippen molar-refractivity contribution in [2.45, 2.75) is 63.8 Å². The lowest BCUT2D eigenvalue weighted by Gasteiger charge is -2.62. The summed E-state index contributed by atoms with van der Waals surface area (Å²) in [5.41, 5.74) is -4.90. The topological polar surface area (TPSA) is 74.6 Å². The molecule has 4 aliphatic rings. The van der Waals surface area contributed by atoms with E-state index < -0.39 is 39.9 Å². The van der Waals surface area contributed by atoms with Crippen LogP contribution in [0.25, 0.3) is 0 Å². The first kappa shape index (κ1) is 20.2. The van der Waals surface area contributed by atoms with Gasteiger partial charge in [0.1, 0.15) is 5.60 Å². The van der Waals surface area contributed by atoms with Gasteiger partial charge in [0.2, 0.25) is 0 Å². The van der Waals surface area contributed by atoms with Gasteiger partial charge in [-0.05, 0) is 56.6 Å². The van der Waals surface area contributed by atoms with Crippen LogP contribution in [0.15, 0.2) is 23.8 Å². The van der Waals surface area contributed by atoms with Crippen molar-refractivity contribution in [2.24, 2.45) is 28.6 Å². The van der Waals surface area contributed by atoms with E-state index in [2.05, 4.69) is 0 Å². The second-order valence-corrected chi connectivity index (χ2v) is 9.99. The molecule has 0 aromatic heterocycles. The predicted octanol–water partition coefficient (Wildman–Crippen LogP) is 3.14. The van der Waals surface area contributed by atoms with Gasteiger partial charge in [0.15, 0.2) is 17.2 Å². The van der Waals surface area contributed by atoms with E-state index in [9.17, 15) is 19.8 Å². The van der Waals surface area contributed by atoms with Gasteiger partial charge in [0.05, 0.1) is 12.0 Å². The van der Waals surface area contributed by atoms with Gasteiger partial charge in [0, 0.05) is 16.7 Å². The molecule has 3 fully saturated rings. The molecule has 154 valence electrons. The van der Waals surface area contributed by atoms with E-state index >= 15 is 4.39 Å². The molecule has 0 heterocycles. The number of carbonyl (C=O) groups is 2. The lowest BCUT2D eigenvalue weighted by molar-refractivity contribution is -0.218. The highest BCUT2D eigenvalue weighted by Crippen LogP contribution is 2.70. The maximum Gasteiger partial charge on any atom is 0.179 e. The number of halogens is 2. The molecule has 4 aliphatic carbocycles. The number of hydrogen-bond acceptors (Lipinski definition) is 4. The van der Waals surface area contributed by atoms with Crippen LogP contribution >= 0.6 is 11.6 Å². The Labute approximate surface area is 169 Å². The van der Waals surface area contributed by atoms with Gasteiger partial charge in [-0.25, -0.2) is 4.39 Å². The van der Waals surface area contributed by atoms with E-state index in [1.54, 1.807) is 13.0 Å². The second kappa shape index (κ2) is 5.99. The third-order valence-electron chi connectivity index (χ3n) is 8.77. The molecule has 8 atom stereocenters. The summed E-state index contributed by atoms with van der Waals surface area (Å²) in [6, 6.07) is 0. The fourth-order valence-corrected chi connectivity index (χ4v) is 7.45. The first-order valence-corrected chi connectivity index (χ1v) is 10.6. The second-order valence-electron chi connectivity index (χ2n) is 9.72. The van der Waals surface area contributed by atoms with Crippen molar-refractivity contribution in [3.63, 3.8) is 0 Å². The quantitative estimate of drug-likeness (QED) is 0.686. The average molecular weight is 411 g/mol. The number of aliphatic hydroxyl groups is 2. The Bertz CT molecular complexity index is 808. The highest BCUT2D eigenvalue weighted by molar-refractivity contribution is 6.29. The largest absolute Gasteiger partial charge is 0.390 e. The van der Waals surface area contributed by atoms with Crippen molar-refractivity contribution in [1.82, 2.24) is 0 Å². The number of allylic oxidation sites excluding steroid dienone is 4. The molecule has 0 aromatic carbocycles. The monoisotopic (exact) mass is 410 g/mol. The Morgan fingerprint density at radius 1 is 1.36 bits per heavy atom. The van der Waals surface area contributed by atoms with Crippen LogP contribution in [0.4, 0.5) is 4.39 Å². The molecule has 0 radical (unpaired) electrons. The molecular weight excluding hydrogens is 383 g/mol. The van der Waals surface area contributed by atoms with E-state index in [1.807, 2.05) is 13.8 Å². The summed E-state index contributed by atoms with van der Waals surface area (Å²) in [5.74, 6) is -2.03. The van der Waals surface area contributed by atoms with Crippen molar-refractivity contribution in [3.05, 3.63) is 23.8 Å². The van der Waals surface area contributed by atoms with Gasteiger partial charge in [-0.1, -0.05) is 25.5 Å². The maximum atomic E-state index is 16.9. The molecule has 0 bridgehead atoms. The van der Waals surface area contributed by atoms with Gasteiger partial charge in [-0.2, -0.15) is 0 Å². The molecule has 2 N–H and O–H groups in total. The smallest absolute Gasteiger partial charge is 0.179 e. The average Bonchev–Trinajstić information content (AvgIpc) is 2.84. The van der Waals surface area contributed by atoms with Crippen molar-refractivity contribution in [1.29, 1.82) is 0 Å². The summed E-state index contributed by atoms with van der Waals surface area (Å²) in [4.78, 5) is 24.5. The zero-order valence-electron chi connectivity index (χ0n) is 16.5. The fraction of sp³-hybridized carbons (Fsp3) is 0.727. The molecular formula is C22H28ClFO4. The summed E-state index contributed by atoms with van der Waals surface area (Å²) in [6.07, 6.45) is 4.69. The number of hydrogen-bond donors (Lipinski definition) is 2. The van der Waals surface area contributed by atoms with Crippen LogP contribution < -0.4 is 0 Å². The Balaban J connectivity index is 1.84. The highest BCUT2D eigenvalue weighted by Gasteiger charge is 2.75. The van der Waals surface area contributed by atoms with Gasteiger partial charge < -0.3 is 10.2 Å². The number of Topliss-reactive ketones (excluding diaryl/α,β-unsaturated/α-hetero) is 1. The van der Waals surface area contributed by atoms with Crippen molar-refractivity contribution in [3.8, 4) is 0 Å². The number of ketones is 2. The molecule has 4 nitrogen and oxygen atoms in total. The summed E-state index contributed by atoms with van der Waals surface area (Å²) < 4.78 is 16.9. The minimum Gasteiger partial charge on any atom is -0.390 e. The predicted molar refractivity (Wildman–Crippen MR) is 104 cm³/mol. The van der Waals surface area contributed by atoms with Crippen molar-refractivity contribution < 1.29 is 24.2 Å². The molecule has 0 amide bonds. The van der Waals surface area contributed by atoms with Crippen LogP contribution in [0.3, 0.4) is 0 Å². The van der Waals surface area contributed by atoms with Gasteiger partial charge in [0.25, 0.3) is 0 Å². The zero-order chi connectivity index (χ0) is 20.7. The van der Waals surface area contributed by atoms with Gasteiger partial charge in [-0.15, -0.1) is 11.6 Å². The zero-order valence-corrected chi connectivity index (χ0v) is 17.3. The number of alkyl halides is 2. The van der Waals surface area contributed by atoms with Gasteiger partial charge in [-0.3, -0.25) is 9.59 Å². The first-order chi connectivity index (χ1) is 13.0.